The molecule has 0 saturated carbocycles. The van der Waals surface area contributed by atoms with E-state index in [1.54, 1.807) is 0 Å². The average Bonchev–Trinajstić information content (AvgIpc) is 1.52. The van der Waals surface area contributed by atoms with Crippen LogP contribution in [0.3, 0.4) is 0 Å². The van der Waals surface area contributed by atoms with E-state index in [1.807, 2.05) is 77.9 Å². The SMILES string of the molecule is Brc1ccc(-c2cccc3c2C2(c4ccccc4-c4ccccc42)c2ccccc2-3)cc1.Brc1ccc(I)cc1.C1CCOC1.CC(C)OB(OC(C)C)OC(C)C.O[B]Oc1ccc(-c2cccc3c2C2(c4ccccc4-c4ccccc42)c2ccccc2-3)cc1.O[B]Oc1cccc2c1C1(c3ccccc3-c3ccccc31)c1ccccc1-2.[CH2-]CCC.[Li+]. The molecule has 8 nitrogen and oxygen atoms in total. The molecule has 15 heteroatoms. The number of hydrogen-bond donors (Lipinski definition) is 2. The first-order valence-electron chi connectivity index (χ1n) is 42.8. The van der Waals surface area contributed by atoms with Gasteiger partial charge in [0.2, 0.25) is 0 Å². The summed E-state index contributed by atoms with van der Waals surface area (Å²) < 4.78 is 35.5. The van der Waals surface area contributed by atoms with Crippen molar-refractivity contribution >= 4 is 77.1 Å². The molecule has 6 aliphatic carbocycles. The molecule has 1 aliphatic heterocycles. The molecule has 0 amide bonds. The van der Waals surface area contributed by atoms with Gasteiger partial charge in [-0.05, 0) is 282 Å². The van der Waals surface area contributed by atoms with Crippen LogP contribution >= 0.6 is 54.5 Å². The molecule has 7 aliphatic rings. The fourth-order valence-electron chi connectivity index (χ4n) is 19.2. The summed E-state index contributed by atoms with van der Waals surface area (Å²) >= 11 is 9.22. The van der Waals surface area contributed by atoms with E-state index in [9.17, 15) is 5.02 Å². The van der Waals surface area contributed by atoms with Gasteiger partial charge in [0.15, 0.2) is 0 Å². The Morgan fingerprint density at radius 2 is 0.592 bits per heavy atom. The van der Waals surface area contributed by atoms with Crippen molar-refractivity contribution in [1.29, 1.82) is 0 Å². The van der Waals surface area contributed by atoms with E-state index in [0.717, 1.165) is 53.0 Å². The molecule has 1 fully saturated rings. The molecule has 0 aromatic heterocycles. The number of halogens is 3. The molecule has 0 atom stereocenters. The van der Waals surface area contributed by atoms with Gasteiger partial charge < -0.3 is 45.0 Å². The van der Waals surface area contributed by atoms with E-state index >= 15 is 0 Å². The number of hydrogen-bond acceptors (Lipinski definition) is 8. The van der Waals surface area contributed by atoms with E-state index in [1.165, 1.54) is 162 Å². The Morgan fingerprint density at radius 3 is 0.864 bits per heavy atom. The summed E-state index contributed by atoms with van der Waals surface area (Å²) in [5.41, 5.74) is 35.0. The van der Waals surface area contributed by atoms with Gasteiger partial charge in [-0.25, -0.2) is 0 Å². The second-order valence-electron chi connectivity index (χ2n) is 32.2. The predicted molar refractivity (Wildman–Crippen MR) is 526 cm³/mol. The average molecular weight is 1870 g/mol. The van der Waals surface area contributed by atoms with Crippen LogP contribution in [0.2, 0.25) is 0 Å². The van der Waals surface area contributed by atoms with Crippen molar-refractivity contribution in [3.8, 4) is 101 Å². The van der Waals surface area contributed by atoms with Gasteiger partial charge >= 0.3 is 41.6 Å². The largest absolute Gasteiger partial charge is 1.00 e. The first-order chi connectivity index (χ1) is 60.6. The number of ether oxygens (including phenoxy) is 1. The van der Waals surface area contributed by atoms with Crippen molar-refractivity contribution in [3.63, 3.8) is 0 Å². The van der Waals surface area contributed by atoms with Crippen LogP contribution in [0.15, 0.2) is 355 Å². The van der Waals surface area contributed by atoms with Gasteiger partial charge in [-0.15, -0.1) is 0 Å². The first-order valence-corrected chi connectivity index (χ1v) is 45.4. The molecule has 3 spiro atoms. The Morgan fingerprint density at radius 1 is 0.344 bits per heavy atom. The zero-order valence-electron chi connectivity index (χ0n) is 71.8. The predicted octanol–water partition coefficient (Wildman–Crippen LogP) is 24.7. The minimum atomic E-state index is -0.542. The second kappa shape index (κ2) is 40.4. The van der Waals surface area contributed by atoms with Crippen molar-refractivity contribution < 1.29 is 56.9 Å². The molecule has 2 radical (unpaired) electrons. The third kappa shape index (κ3) is 17.2. The maximum Gasteiger partial charge on any atom is 1.00 e. The Balaban J connectivity index is 0.000000124. The second-order valence-corrected chi connectivity index (χ2v) is 35.3. The molecular weight excluding hydrogens is 1780 g/mol. The van der Waals surface area contributed by atoms with E-state index < -0.39 is 12.7 Å². The molecule has 1 saturated heterocycles. The van der Waals surface area contributed by atoms with Gasteiger partial charge in [-0.3, -0.25) is 0 Å². The monoisotopic (exact) mass is 1870 g/mol. The van der Waals surface area contributed by atoms with Crippen LogP contribution in [-0.2, 0) is 34.9 Å². The van der Waals surface area contributed by atoms with Crippen LogP contribution in [0.1, 0.15) is 141 Å². The van der Waals surface area contributed by atoms with Gasteiger partial charge in [0.1, 0.15) is 11.5 Å². The summed E-state index contributed by atoms with van der Waals surface area (Å²) in [6, 6.07) is 124. The van der Waals surface area contributed by atoms with Crippen molar-refractivity contribution in [3.05, 3.63) is 432 Å². The minimum Gasteiger partial charge on any atom is -0.537 e. The molecule has 616 valence electrons. The molecule has 2 N–H and O–H groups in total. The first kappa shape index (κ1) is 89.9. The van der Waals surface area contributed by atoms with E-state index in [4.69, 9.17) is 33.0 Å². The maximum atomic E-state index is 9.44. The van der Waals surface area contributed by atoms with Crippen LogP contribution in [0.25, 0.3) is 89.0 Å². The van der Waals surface area contributed by atoms with Gasteiger partial charge in [0.25, 0.3) is 0 Å². The summed E-state index contributed by atoms with van der Waals surface area (Å²) in [6.07, 6.45) is 5.17. The Bertz CT molecular complexity index is 6030. The summed E-state index contributed by atoms with van der Waals surface area (Å²) in [5, 5.41) is 18.5. The minimum absolute atomic E-state index is 0. The molecule has 1 heterocycles. The van der Waals surface area contributed by atoms with Gasteiger partial charge in [0, 0.05) is 49.6 Å². The normalized spacial score (nSPS) is 13.5. The Labute approximate surface area is 781 Å². The summed E-state index contributed by atoms with van der Waals surface area (Å²) in [5.74, 6) is 1.29. The molecule has 125 heavy (non-hydrogen) atoms. The fourth-order valence-corrected chi connectivity index (χ4v) is 20.1. The number of fused-ring (bicyclic) bond motifs is 30. The fraction of sp³-hybridized carbons (Fsp3) is 0.173. The zero-order valence-corrected chi connectivity index (χ0v) is 77.1. The van der Waals surface area contributed by atoms with Crippen molar-refractivity contribution in [2.45, 2.75) is 109 Å². The van der Waals surface area contributed by atoms with E-state index in [-0.39, 0.29) is 48.0 Å². The molecular formula is C110H97B3Br2ILiO8. The van der Waals surface area contributed by atoms with Crippen LogP contribution in [-0.4, -0.2) is 64.3 Å². The molecule has 15 aromatic rings. The van der Waals surface area contributed by atoms with Crippen LogP contribution in [0, 0.1) is 10.5 Å². The number of benzene rings is 15. The zero-order chi connectivity index (χ0) is 86.1. The Kier molecular flexibility index (Phi) is 29.1. The van der Waals surface area contributed by atoms with Crippen LogP contribution in [0.4, 0.5) is 0 Å². The summed E-state index contributed by atoms with van der Waals surface area (Å²) in [7, 11) is 0.951. The maximum absolute atomic E-state index is 9.44. The van der Waals surface area contributed by atoms with Crippen molar-refractivity contribution in [2.75, 3.05) is 13.2 Å². The standard InChI is InChI=1S/C31H20BO2.C31H19Br.C25H16BO2.C9H21BO3.C6H4BrI.C4H8O.C4H9.Li/c33-32-34-21-18-16-20(17-19-21)22-11-7-12-26-25-10-3-6-15-29(25)31(30(22)26)27-13-4-1-8-23(27)24-9-2-5-14-28(24)31;32-21-18-16-20(17-19-21)22-11-7-12-26-25-10-3-6-15-29(25)31(30(22)26)27-13-4-1-8-23(27)24-9-2-5-14-28(24)31;27-26-28-23-15-7-11-19-18-10-3-6-14-22(18)25(24(19)23)20-12-4-1-8-16(20)17-9-2-5-13-21(17)25;1-7(2)11-10(12-8(3)4)13-9(5)6;7-5-1-3-6(8)4-2-5;1-2-4-5-3-1;1-3-4-2;/h1-19,33H;1-19H;1-15,27H;7-9H,1-6H3;1-4H;1-4H2;1,3-4H2,2H3;/q;;;;;;-1;+1. The summed E-state index contributed by atoms with van der Waals surface area (Å²) in [6.45, 7) is 19.5. The van der Waals surface area contributed by atoms with Gasteiger partial charge in [0.05, 0.1) is 16.2 Å². The third-order valence-electron chi connectivity index (χ3n) is 23.8. The Hall–Kier alpha value is -9.86. The number of unbranched alkanes of at least 4 members (excludes halogenated alkanes) is 1. The molecule has 0 bridgehead atoms. The quantitative estimate of drug-likeness (QED) is 0.0670. The van der Waals surface area contributed by atoms with Gasteiger partial charge in [-0.2, -0.15) is 6.42 Å². The molecule has 0 unspecified atom stereocenters. The van der Waals surface area contributed by atoms with Crippen molar-refractivity contribution in [1.82, 2.24) is 0 Å². The molecule has 22 rings (SSSR count). The number of rotatable bonds is 13. The smallest absolute Gasteiger partial charge is 0.537 e. The van der Waals surface area contributed by atoms with Crippen LogP contribution < -0.4 is 28.2 Å². The summed E-state index contributed by atoms with van der Waals surface area (Å²) in [4.78, 5) is 0. The molecule has 15 aromatic carbocycles. The topological polar surface area (TPSA) is 95.8 Å². The van der Waals surface area contributed by atoms with Crippen LogP contribution in [0.5, 0.6) is 11.5 Å². The van der Waals surface area contributed by atoms with Gasteiger partial charge in [-0.1, -0.05) is 336 Å². The van der Waals surface area contributed by atoms with Crippen molar-refractivity contribution in [2.24, 2.45) is 0 Å². The third-order valence-corrected chi connectivity index (χ3v) is 25.6. The van der Waals surface area contributed by atoms with E-state index in [0.29, 0.717) is 19.2 Å². The van der Waals surface area contributed by atoms with E-state index in [2.05, 4.69) is 378 Å².